The van der Waals surface area contributed by atoms with Crippen LogP contribution >= 0.6 is 0 Å². The molecule has 0 saturated carbocycles. The molecule has 0 amide bonds. The molecule has 0 N–H and O–H groups in total. The zero-order chi connectivity index (χ0) is 9.07. The lowest BCUT2D eigenvalue weighted by molar-refractivity contribution is 0.674. The van der Waals surface area contributed by atoms with Crippen molar-refractivity contribution < 1.29 is 0 Å². The maximum atomic E-state index is 3.21. The molecule has 0 aromatic rings. The van der Waals surface area contributed by atoms with Crippen LogP contribution in [-0.2, 0) is 0 Å². The maximum absolute atomic E-state index is 3.21. The van der Waals surface area contributed by atoms with Crippen molar-refractivity contribution in [1.82, 2.24) is 0 Å². The predicted octanol–water partition coefficient (Wildman–Crippen LogP) is 4.47. The van der Waals surface area contributed by atoms with Crippen LogP contribution in [0.25, 0.3) is 0 Å². The summed E-state index contributed by atoms with van der Waals surface area (Å²) in [5.41, 5.74) is 3.21. The Kier molecular flexibility index (Phi) is 10.1. The van der Waals surface area contributed by atoms with E-state index in [0.717, 1.165) is 0 Å². The molecular weight excluding hydrogens is 144 g/mol. The Morgan fingerprint density at radius 2 is 1.58 bits per heavy atom. The highest BCUT2D eigenvalue weighted by Gasteiger charge is 1.82. The highest BCUT2D eigenvalue weighted by Crippen LogP contribution is 2.02. The topological polar surface area (TPSA) is 0 Å². The Labute approximate surface area is 77.4 Å². The number of hydrogen-bond donors (Lipinski definition) is 0. The van der Waals surface area contributed by atoms with Crippen LogP contribution in [0.5, 0.6) is 0 Å². The molecule has 0 radical (unpaired) electrons. The number of rotatable bonds is 7. The van der Waals surface area contributed by atoms with E-state index in [1.54, 1.807) is 0 Å². The third kappa shape index (κ3) is 9.52. The van der Waals surface area contributed by atoms with Gasteiger partial charge in [-0.1, -0.05) is 39.5 Å². The Bertz CT molecular complexity index is 127. The molecule has 0 heterocycles. The van der Waals surface area contributed by atoms with Crippen LogP contribution in [0.3, 0.4) is 0 Å². The van der Waals surface area contributed by atoms with Crippen molar-refractivity contribution in [2.75, 3.05) is 0 Å². The van der Waals surface area contributed by atoms with Crippen molar-refractivity contribution in [3.05, 3.63) is 17.9 Å². The second-order valence-electron chi connectivity index (χ2n) is 3.21. The van der Waals surface area contributed by atoms with Gasteiger partial charge in [0.2, 0.25) is 0 Å². The quantitative estimate of drug-likeness (QED) is 0.387. The molecule has 0 spiro atoms. The molecule has 0 rings (SSSR count). The van der Waals surface area contributed by atoms with Crippen LogP contribution in [0, 0.1) is 0 Å². The van der Waals surface area contributed by atoms with E-state index < -0.39 is 0 Å². The third-order valence-electron chi connectivity index (χ3n) is 1.87. The van der Waals surface area contributed by atoms with Crippen molar-refractivity contribution in [2.24, 2.45) is 0 Å². The zero-order valence-corrected chi connectivity index (χ0v) is 8.60. The molecule has 0 bridgehead atoms. The first kappa shape index (κ1) is 11.5. The van der Waals surface area contributed by atoms with Crippen LogP contribution in [0.15, 0.2) is 17.9 Å². The van der Waals surface area contributed by atoms with E-state index in [0.29, 0.717) is 0 Å². The van der Waals surface area contributed by atoms with Gasteiger partial charge in [-0.15, -0.1) is 5.73 Å². The van der Waals surface area contributed by atoms with Gasteiger partial charge in [-0.2, -0.15) is 0 Å². The molecule has 0 aliphatic heterocycles. The molecule has 0 aromatic carbocycles. The molecule has 0 fully saturated rings. The molecule has 0 nitrogen and oxygen atoms in total. The van der Waals surface area contributed by atoms with Crippen LogP contribution in [-0.4, -0.2) is 0 Å². The van der Waals surface area contributed by atoms with Gasteiger partial charge in [0.15, 0.2) is 0 Å². The van der Waals surface area contributed by atoms with Gasteiger partial charge in [-0.3, -0.25) is 0 Å². The lowest BCUT2D eigenvalue weighted by Gasteiger charge is -1.92. The lowest BCUT2D eigenvalue weighted by Crippen LogP contribution is -1.72. The van der Waals surface area contributed by atoms with E-state index in [1.807, 2.05) is 0 Å². The summed E-state index contributed by atoms with van der Waals surface area (Å²) in [6.07, 6.45) is 13.3. The molecule has 0 aliphatic carbocycles. The summed E-state index contributed by atoms with van der Waals surface area (Å²) >= 11 is 0. The Balaban J connectivity index is 3.12. The summed E-state index contributed by atoms with van der Waals surface area (Å²) < 4.78 is 0. The first-order valence-corrected chi connectivity index (χ1v) is 5.31. The predicted molar refractivity (Wildman–Crippen MR) is 56.3 cm³/mol. The molecule has 0 atom stereocenters. The first-order valence-electron chi connectivity index (χ1n) is 5.31. The molecule has 70 valence electrons. The van der Waals surface area contributed by atoms with Gasteiger partial charge in [0.05, 0.1) is 0 Å². The smallest absolute Gasteiger partial charge is 0.0274 e. The van der Waals surface area contributed by atoms with Crippen molar-refractivity contribution in [2.45, 2.75) is 58.8 Å². The minimum Gasteiger partial charge on any atom is -0.130 e. The minimum atomic E-state index is 1.17. The van der Waals surface area contributed by atoms with Gasteiger partial charge in [0, 0.05) is 0 Å². The van der Waals surface area contributed by atoms with Crippen LogP contribution in [0.2, 0.25) is 0 Å². The summed E-state index contributed by atoms with van der Waals surface area (Å²) in [6.45, 7) is 4.44. The maximum Gasteiger partial charge on any atom is -0.0274 e. The van der Waals surface area contributed by atoms with Crippen molar-refractivity contribution in [3.8, 4) is 0 Å². The fraction of sp³-hybridized carbons (Fsp3) is 0.750. The summed E-state index contributed by atoms with van der Waals surface area (Å²) in [6, 6.07) is 0. The summed E-state index contributed by atoms with van der Waals surface area (Å²) in [4.78, 5) is 0. The van der Waals surface area contributed by atoms with Gasteiger partial charge in [-0.05, 0) is 31.4 Å². The first-order chi connectivity index (χ1) is 5.91. The zero-order valence-electron chi connectivity index (χ0n) is 8.60. The summed E-state index contributed by atoms with van der Waals surface area (Å²) in [5.74, 6) is 0. The molecule has 0 unspecified atom stereocenters. The fourth-order valence-electron chi connectivity index (χ4n) is 1.07. The highest BCUT2D eigenvalue weighted by atomic mass is 13.9. The van der Waals surface area contributed by atoms with Gasteiger partial charge in [-0.25, -0.2) is 0 Å². The normalized spacial score (nSPS) is 9.17. The van der Waals surface area contributed by atoms with Crippen molar-refractivity contribution >= 4 is 0 Å². The van der Waals surface area contributed by atoms with E-state index in [1.165, 1.54) is 44.9 Å². The molecule has 12 heavy (non-hydrogen) atoms. The Morgan fingerprint density at radius 3 is 2.25 bits per heavy atom. The second-order valence-corrected chi connectivity index (χ2v) is 3.21. The number of allylic oxidation sites excluding steroid dienone is 1. The minimum absolute atomic E-state index is 1.17. The van der Waals surface area contributed by atoms with Gasteiger partial charge in [0.1, 0.15) is 0 Å². The van der Waals surface area contributed by atoms with Crippen LogP contribution < -0.4 is 0 Å². The molecule has 0 aliphatic rings. The third-order valence-corrected chi connectivity index (χ3v) is 1.87. The number of hydrogen-bond acceptors (Lipinski definition) is 0. The summed E-state index contributed by atoms with van der Waals surface area (Å²) in [7, 11) is 0. The standard InChI is InChI=1S/C12H22/c1-3-5-7-9-11-12-10-8-6-4-2/h7,11H,3-6,8,10,12H2,1-2H3. The second kappa shape index (κ2) is 10.5. The van der Waals surface area contributed by atoms with Crippen LogP contribution in [0.4, 0.5) is 0 Å². The average molecular weight is 166 g/mol. The Morgan fingerprint density at radius 1 is 0.833 bits per heavy atom. The van der Waals surface area contributed by atoms with E-state index >= 15 is 0 Å². The van der Waals surface area contributed by atoms with Gasteiger partial charge >= 0.3 is 0 Å². The largest absolute Gasteiger partial charge is 0.130 e. The van der Waals surface area contributed by atoms with Crippen LogP contribution in [0.1, 0.15) is 58.8 Å². The van der Waals surface area contributed by atoms with Crippen molar-refractivity contribution in [1.29, 1.82) is 0 Å². The molecule has 0 saturated heterocycles. The molecular formula is C12H22. The Hall–Kier alpha value is -0.480. The SMILES string of the molecule is CCCC=C=CCCCCCC. The molecule has 0 heteroatoms. The fourth-order valence-corrected chi connectivity index (χ4v) is 1.07. The van der Waals surface area contributed by atoms with E-state index in [2.05, 4.69) is 31.7 Å². The number of unbranched alkanes of at least 4 members (excludes halogenated alkanes) is 5. The van der Waals surface area contributed by atoms with Crippen molar-refractivity contribution in [3.63, 3.8) is 0 Å². The molecule has 0 aromatic heterocycles. The van der Waals surface area contributed by atoms with E-state index in [9.17, 15) is 0 Å². The average Bonchev–Trinajstić information content (AvgIpc) is 2.10. The van der Waals surface area contributed by atoms with Gasteiger partial charge in [0.25, 0.3) is 0 Å². The van der Waals surface area contributed by atoms with E-state index in [4.69, 9.17) is 0 Å². The lowest BCUT2D eigenvalue weighted by atomic mass is 10.1. The van der Waals surface area contributed by atoms with Gasteiger partial charge < -0.3 is 0 Å². The highest BCUT2D eigenvalue weighted by molar-refractivity contribution is 4.84. The monoisotopic (exact) mass is 166 g/mol. The van der Waals surface area contributed by atoms with E-state index in [-0.39, 0.29) is 0 Å². The summed E-state index contributed by atoms with van der Waals surface area (Å²) in [5, 5.41) is 0.